The summed E-state index contributed by atoms with van der Waals surface area (Å²) in [6.45, 7) is 0.827. The van der Waals surface area contributed by atoms with Crippen LogP contribution in [0.25, 0.3) is 0 Å². The van der Waals surface area contributed by atoms with Crippen LogP contribution < -0.4 is 11.5 Å². The molecule has 0 saturated heterocycles. The topological polar surface area (TPSA) is 52.0 Å². The fourth-order valence-electron chi connectivity index (χ4n) is 1.89. The third-order valence-corrected chi connectivity index (χ3v) is 2.66. The van der Waals surface area contributed by atoms with Crippen LogP contribution in [0.4, 0.5) is 0 Å². The Bertz CT molecular complexity index is 104. The molecule has 1 saturated carbocycles. The molecule has 0 amide bonds. The van der Waals surface area contributed by atoms with E-state index in [2.05, 4.69) is 0 Å². The number of rotatable bonds is 1. The van der Waals surface area contributed by atoms with Crippen LogP contribution in [0.2, 0.25) is 0 Å². The lowest BCUT2D eigenvalue weighted by Crippen LogP contribution is -2.28. The highest BCUT2D eigenvalue weighted by molar-refractivity contribution is 4.72. The standard InChI is InChI=1S/C9H20N2/c10-7-8-4-2-1-3-5-9(11)6-8/h8-9H,1-7,10-11H2. The Kier molecular flexibility index (Phi) is 3.87. The van der Waals surface area contributed by atoms with Gasteiger partial charge in [-0.3, -0.25) is 0 Å². The molecule has 0 bridgehead atoms. The molecule has 2 unspecified atom stereocenters. The summed E-state index contributed by atoms with van der Waals surface area (Å²) in [4.78, 5) is 0. The Morgan fingerprint density at radius 3 is 2.55 bits per heavy atom. The van der Waals surface area contributed by atoms with Crippen molar-refractivity contribution in [2.75, 3.05) is 6.54 Å². The van der Waals surface area contributed by atoms with Crippen molar-refractivity contribution in [3.05, 3.63) is 0 Å². The summed E-state index contributed by atoms with van der Waals surface area (Å²) in [5.41, 5.74) is 11.5. The van der Waals surface area contributed by atoms with Crippen molar-refractivity contribution in [3.8, 4) is 0 Å². The van der Waals surface area contributed by atoms with E-state index in [4.69, 9.17) is 11.5 Å². The Morgan fingerprint density at radius 1 is 1.09 bits per heavy atom. The average Bonchev–Trinajstić information content (AvgIpc) is 1.96. The van der Waals surface area contributed by atoms with E-state index in [1.165, 1.54) is 32.1 Å². The first kappa shape index (κ1) is 9.01. The average molecular weight is 156 g/mol. The molecule has 1 fully saturated rings. The van der Waals surface area contributed by atoms with Gasteiger partial charge in [-0.15, -0.1) is 0 Å². The summed E-state index contributed by atoms with van der Waals surface area (Å²) in [6.07, 6.45) is 7.68. The molecule has 11 heavy (non-hydrogen) atoms. The van der Waals surface area contributed by atoms with Gasteiger partial charge in [0.25, 0.3) is 0 Å². The lowest BCUT2D eigenvalue weighted by atomic mass is 9.89. The van der Waals surface area contributed by atoms with Gasteiger partial charge in [0.2, 0.25) is 0 Å². The van der Waals surface area contributed by atoms with Gasteiger partial charge in [0.1, 0.15) is 0 Å². The highest BCUT2D eigenvalue weighted by Gasteiger charge is 2.14. The van der Waals surface area contributed by atoms with E-state index in [-0.39, 0.29) is 0 Å². The predicted molar refractivity (Wildman–Crippen MR) is 48.2 cm³/mol. The predicted octanol–water partition coefficient (Wildman–Crippen LogP) is 1.24. The molecule has 2 atom stereocenters. The maximum absolute atomic E-state index is 5.91. The third-order valence-electron chi connectivity index (χ3n) is 2.66. The van der Waals surface area contributed by atoms with Crippen LogP contribution in [0.15, 0.2) is 0 Å². The molecule has 0 radical (unpaired) electrons. The molecular weight excluding hydrogens is 136 g/mol. The van der Waals surface area contributed by atoms with Crippen molar-refractivity contribution in [1.29, 1.82) is 0 Å². The van der Waals surface area contributed by atoms with E-state index in [1.54, 1.807) is 0 Å². The normalized spacial score (nSPS) is 34.4. The van der Waals surface area contributed by atoms with Gasteiger partial charge >= 0.3 is 0 Å². The Balaban J connectivity index is 2.29. The van der Waals surface area contributed by atoms with Crippen LogP contribution in [0.5, 0.6) is 0 Å². The number of hydrogen-bond acceptors (Lipinski definition) is 2. The summed E-state index contributed by atoms with van der Waals surface area (Å²) in [5.74, 6) is 0.699. The van der Waals surface area contributed by atoms with Crippen molar-refractivity contribution in [1.82, 2.24) is 0 Å². The number of nitrogens with two attached hydrogens (primary N) is 2. The van der Waals surface area contributed by atoms with Crippen molar-refractivity contribution in [2.24, 2.45) is 17.4 Å². The summed E-state index contributed by atoms with van der Waals surface area (Å²) >= 11 is 0. The van der Waals surface area contributed by atoms with Gasteiger partial charge in [0.15, 0.2) is 0 Å². The molecular formula is C9H20N2. The van der Waals surface area contributed by atoms with Crippen LogP contribution >= 0.6 is 0 Å². The van der Waals surface area contributed by atoms with Gasteiger partial charge in [0.05, 0.1) is 0 Å². The Labute approximate surface area is 69.3 Å². The van der Waals surface area contributed by atoms with Gasteiger partial charge < -0.3 is 11.5 Å². The maximum atomic E-state index is 5.91. The van der Waals surface area contributed by atoms with E-state index in [0.717, 1.165) is 13.0 Å². The summed E-state index contributed by atoms with van der Waals surface area (Å²) in [5, 5.41) is 0. The molecule has 1 rings (SSSR count). The smallest absolute Gasteiger partial charge is 0.00419 e. The first-order valence-electron chi connectivity index (χ1n) is 4.78. The molecule has 0 aromatic carbocycles. The molecule has 0 aromatic heterocycles. The molecule has 0 heterocycles. The lowest BCUT2D eigenvalue weighted by Gasteiger charge is -2.22. The second-order valence-corrected chi connectivity index (χ2v) is 3.74. The first-order chi connectivity index (χ1) is 5.33. The van der Waals surface area contributed by atoms with E-state index >= 15 is 0 Å². The molecule has 66 valence electrons. The van der Waals surface area contributed by atoms with Gasteiger partial charge in [-0.05, 0) is 31.7 Å². The molecule has 1 aliphatic rings. The summed E-state index contributed by atoms with van der Waals surface area (Å²) < 4.78 is 0. The fraction of sp³-hybridized carbons (Fsp3) is 1.00. The molecule has 0 aromatic rings. The summed E-state index contributed by atoms with van der Waals surface area (Å²) in [7, 11) is 0. The van der Waals surface area contributed by atoms with Gasteiger partial charge in [-0.1, -0.05) is 19.3 Å². The van der Waals surface area contributed by atoms with Crippen LogP contribution in [-0.2, 0) is 0 Å². The Morgan fingerprint density at radius 2 is 1.82 bits per heavy atom. The molecule has 4 N–H and O–H groups in total. The van der Waals surface area contributed by atoms with Crippen molar-refractivity contribution >= 4 is 0 Å². The van der Waals surface area contributed by atoms with E-state index in [9.17, 15) is 0 Å². The number of hydrogen-bond donors (Lipinski definition) is 2. The zero-order chi connectivity index (χ0) is 8.10. The minimum atomic E-state index is 0.420. The molecule has 1 aliphatic carbocycles. The van der Waals surface area contributed by atoms with Gasteiger partial charge in [-0.2, -0.15) is 0 Å². The molecule has 2 nitrogen and oxygen atoms in total. The fourth-order valence-corrected chi connectivity index (χ4v) is 1.89. The zero-order valence-corrected chi connectivity index (χ0v) is 7.26. The lowest BCUT2D eigenvalue weighted by molar-refractivity contribution is 0.353. The highest BCUT2D eigenvalue weighted by Crippen LogP contribution is 2.20. The van der Waals surface area contributed by atoms with Gasteiger partial charge in [0, 0.05) is 6.04 Å². The second kappa shape index (κ2) is 4.73. The van der Waals surface area contributed by atoms with Crippen molar-refractivity contribution in [2.45, 2.75) is 44.6 Å². The van der Waals surface area contributed by atoms with E-state index in [0.29, 0.717) is 12.0 Å². The molecule has 0 aliphatic heterocycles. The quantitative estimate of drug-likeness (QED) is 0.600. The van der Waals surface area contributed by atoms with E-state index < -0.39 is 0 Å². The molecule has 2 heteroatoms. The minimum absolute atomic E-state index is 0.420. The van der Waals surface area contributed by atoms with Crippen molar-refractivity contribution < 1.29 is 0 Å². The third kappa shape index (κ3) is 3.21. The highest BCUT2D eigenvalue weighted by atomic mass is 14.6. The largest absolute Gasteiger partial charge is 0.330 e. The van der Waals surface area contributed by atoms with E-state index in [1.807, 2.05) is 0 Å². The zero-order valence-electron chi connectivity index (χ0n) is 7.26. The SMILES string of the molecule is NCC1CCCCCC(N)C1. The van der Waals surface area contributed by atoms with Gasteiger partial charge in [-0.25, -0.2) is 0 Å². The first-order valence-corrected chi connectivity index (χ1v) is 4.78. The van der Waals surface area contributed by atoms with Crippen LogP contribution in [0, 0.1) is 5.92 Å². The Hall–Kier alpha value is -0.0800. The van der Waals surface area contributed by atoms with Crippen LogP contribution in [-0.4, -0.2) is 12.6 Å². The van der Waals surface area contributed by atoms with Crippen LogP contribution in [0.1, 0.15) is 38.5 Å². The van der Waals surface area contributed by atoms with Crippen molar-refractivity contribution in [3.63, 3.8) is 0 Å². The second-order valence-electron chi connectivity index (χ2n) is 3.74. The summed E-state index contributed by atoms with van der Waals surface area (Å²) in [6, 6.07) is 0.420. The maximum Gasteiger partial charge on any atom is 0.00419 e. The monoisotopic (exact) mass is 156 g/mol. The minimum Gasteiger partial charge on any atom is -0.330 e. The molecule has 0 spiro atoms. The van der Waals surface area contributed by atoms with Crippen LogP contribution in [0.3, 0.4) is 0 Å².